The van der Waals surface area contributed by atoms with Gasteiger partial charge in [0.05, 0.1) is 25.6 Å². The van der Waals surface area contributed by atoms with Gasteiger partial charge in [-0.25, -0.2) is 0 Å². The lowest BCUT2D eigenvalue weighted by atomic mass is 10.1. The zero-order valence-corrected chi connectivity index (χ0v) is 22.1. The first-order valence-electron chi connectivity index (χ1n) is 12.6. The fourth-order valence-electron chi connectivity index (χ4n) is 3.95. The van der Waals surface area contributed by atoms with Gasteiger partial charge in [-0.2, -0.15) is 0 Å². The SMILES string of the molecule is COc1cc(NC(=O)c2ccccc2)c(OC)cc1NC(=O)CCCC(=O)NC(C)CCc1ccccc1. The lowest BCUT2D eigenvalue weighted by Gasteiger charge is -2.16. The van der Waals surface area contributed by atoms with Crippen molar-refractivity contribution in [2.24, 2.45) is 0 Å². The number of hydrogen-bond donors (Lipinski definition) is 3. The van der Waals surface area contributed by atoms with Crippen molar-refractivity contribution in [3.63, 3.8) is 0 Å². The van der Waals surface area contributed by atoms with Gasteiger partial charge in [0.25, 0.3) is 5.91 Å². The molecule has 0 bridgehead atoms. The van der Waals surface area contributed by atoms with Crippen LogP contribution in [0.5, 0.6) is 11.5 Å². The van der Waals surface area contributed by atoms with Gasteiger partial charge in [0.2, 0.25) is 11.8 Å². The molecule has 3 N–H and O–H groups in total. The number of rotatable bonds is 13. The number of anilines is 2. The number of amides is 3. The Hall–Kier alpha value is -4.33. The molecule has 0 aliphatic rings. The minimum atomic E-state index is -0.296. The molecule has 3 aromatic rings. The van der Waals surface area contributed by atoms with E-state index in [1.54, 1.807) is 36.4 Å². The molecule has 38 heavy (non-hydrogen) atoms. The van der Waals surface area contributed by atoms with Gasteiger partial charge < -0.3 is 25.4 Å². The van der Waals surface area contributed by atoms with Crippen LogP contribution in [0.2, 0.25) is 0 Å². The Bertz CT molecular complexity index is 1220. The summed E-state index contributed by atoms with van der Waals surface area (Å²) in [6.07, 6.45) is 2.58. The molecule has 0 saturated heterocycles. The summed E-state index contributed by atoms with van der Waals surface area (Å²) in [5.41, 5.74) is 2.56. The van der Waals surface area contributed by atoms with Crippen LogP contribution in [-0.4, -0.2) is 38.0 Å². The van der Waals surface area contributed by atoms with Crippen LogP contribution < -0.4 is 25.4 Å². The van der Waals surface area contributed by atoms with Crippen molar-refractivity contribution in [3.8, 4) is 11.5 Å². The van der Waals surface area contributed by atoms with Gasteiger partial charge in [0, 0.05) is 36.6 Å². The predicted octanol–water partition coefficient (Wildman–Crippen LogP) is 5.20. The molecule has 200 valence electrons. The summed E-state index contributed by atoms with van der Waals surface area (Å²) in [7, 11) is 2.95. The topological polar surface area (TPSA) is 106 Å². The van der Waals surface area contributed by atoms with Gasteiger partial charge in [-0.15, -0.1) is 0 Å². The van der Waals surface area contributed by atoms with Crippen molar-refractivity contribution in [1.82, 2.24) is 5.32 Å². The van der Waals surface area contributed by atoms with E-state index in [2.05, 4.69) is 28.1 Å². The Morgan fingerprint density at radius 2 is 1.32 bits per heavy atom. The van der Waals surface area contributed by atoms with E-state index in [1.807, 2.05) is 31.2 Å². The first-order valence-corrected chi connectivity index (χ1v) is 12.6. The summed E-state index contributed by atoms with van der Waals surface area (Å²) in [4.78, 5) is 37.5. The molecule has 8 heteroatoms. The van der Waals surface area contributed by atoms with Gasteiger partial charge in [0.1, 0.15) is 11.5 Å². The van der Waals surface area contributed by atoms with E-state index in [4.69, 9.17) is 9.47 Å². The molecule has 1 atom stereocenters. The van der Waals surface area contributed by atoms with E-state index in [0.717, 1.165) is 12.8 Å². The minimum Gasteiger partial charge on any atom is -0.494 e. The third kappa shape index (κ3) is 8.65. The van der Waals surface area contributed by atoms with Crippen molar-refractivity contribution >= 4 is 29.1 Å². The number of carbonyl (C=O) groups excluding carboxylic acids is 3. The van der Waals surface area contributed by atoms with Crippen LogP contribution in [-0.2, 0) is 16.0 Å². The van der Waals surface area contributed by atoms with Gasteiger partial charge in [-0.05, 0) is 43.9 Å². The smallest absolute Gasteiger partial charge is 0.255 e. The van der Waals surface area contributed by atoms with Crippen molar-refractivity contribution in [2.45, 2.75) is 45.1 Å². The third-order valence-electron chi connectivity index (χ3n) is 6.00. The minimum absolute atomic E-state index is 0.0501. The van der Waals surface area contributed by atoms with Gasteiger partial charge in [-0.1, -0.05) is 48.5 Å². The Kier molecular flexibility index (Phi) is 10.7. The van der Waals surface area contributed by atoms with Crippen LogP contribution in [0.15, 0.2) is 72.8 Å². The molecular formula is C30H35N3O5. The van der Waals surface area contributed by atoms with Crippen LogP contribution >= 0.6 is 0 Å². The maximum atomic E-state index is 12.6. The maximum absolute atomic E-state index is 12.6. The second-order valence-electron chi connectivity index (χ2n) is 8.97. The highest BCUT2D eigenvalue weighted by atomic mass is 16.5. The lowest BCUT2D eigenvalue weighted by molar-refractivity contribution is -0.122. The third-order valence-corrected chi connectivity index (χ3v) is 6.00. The van der Waals surface area contributed by atoms with Crippen molar-refractivity contribution < 1.29 is 23.9 Å². The van der Waals surface area contributed by atoms with Crippen LogP contribution in [0.3, 0.4) is 0 Å². The van der Waals surface area contributed by atoms with Crippen LogP contribution in [0.4, 0.5) is 11.4 Å². The highest BCUT2D eigenvalue weighted by Gasteiger charge is 2.16. The number of methoxy groups -OCH3 is 2. The Morgan fingerprint density at radius 1 is 0.763 bits per heavy atom. The standard InChI is InChI=1S/C30H35N3O5/c1-21(17-18-22-11-6-4-7-12-22)31-28(34)15-10-16-29(35)32-24-19-27(38-3)25(20-26(24)37-2)33-30(36)23-13-8-5-9-14-23/h4-9,11-14,19-21H,10,15-18H2,1-3H3,(H,31,34)(H,32,35)(H,33,36). The molecule has 1 unspecified atom stereocenters. The van der Waals surface area contributed by atoms with Gasteiger partial charge in [-0.3, -0.25) is 14.4 Å². The first-order chi connectivity index (χ1) is 18.4. The number of ether oxygens (including phenoxy) is 2. The van der Waals surface area contributed by atoms with E-state index in [0.29, 0.717) is 34.9 Å². The monoisotopic (exact) mass is 517 g/mol. The van der Waals surface area contributed by atoms with Crippen LogP contribution in [0.1, 0.15) is 48.5 Å². The van der Waals surface area contributed by atoms with Gasteiger partial charge in [0.15, 0.2) is 0 Å². The molecule has 0 saturated carbocycles. The Balaban J connectivity index is 1.49. The van der Waals surface area contributed by atoms with Crippen molar-refractivity contribution in [3.05, 3.63) is 83.9 Å². The highest BCUT2D eigenvalue weighted by molar-refractivity contribution is 6.05. The summed E-state index contributed by atoms with van der Waals surface area (Å²) in [5, 5.41) is 8.62. The molecule has 3 amide bonds. The number of hydrogen-bond acceptors (Lipinski definition) is 5. The molecule has 0 aromatic heterocycles. The fourth-order valence-corrected chi connectivity index (χ4v) is 3.95. The molecule has 0 heterocycles. The normalized spacial score (nSPS) is 11.2. The number of nitrogens with one attached hydrogen (secondary N) is 3. The molecule has 0 spiro atoms. The molecule has 3 rings (SSSR count). The molecule has 0 radical (unpaired) electrons. The second kappa shape index (κ2) is 14.4. The summed E-state index contributed by atoms with van der Waals surface area (Å²) < 4.78 is 10.9. The lowest BCUT2D eigenvalue weighted by Crippen LogP contribution is -2.32. The summed E-state index contributed by atoms with van der Waals surface area (Å²) in [5.74, 6) is 0.115. The first kappa shape index (κ1) is 28.2. The number of benzene rings is 3. The van der Waals surface area contributed by atoms with Crippen molar-refractivity contribution in [2.75, 3.05) is 24.9 Å². The summed E-state index contributed by atoms with van der Waals surface area (Å²) >= 11 is 0. The number of aryl methyl sites for hydroxylation is 1. The largest absolute Gasteiger partial charge is 0.494 e. The quantitative estimate of drug-likeness (QED) is 0.289. The molecule has 3 aromatic carbocycles. The van der Waals surface area contributed by atoms with E-state index in [-0.39, 0.29) is 36.6 Å². The average molecular weight is 518 g/mol. The fraction of sp³-hybridized carbons (Fsp3) is 0.300. The molecule has 8 nitrogen and oxygen atoms in total. The maximum Gasteiger partial charge on any atom is 0.255 e. The van der Waals surface area contributed by atoms with Crippen molar-refractivity contribution in [1.29, 1.82) is 0 Å². The van der Waals surface area contributed by atoms with E-state index < -0.39 is 0 Å². The Labute approximate surface area is 223 Å². The second-order valence-corrected chi connectivity index (χ2v) is 8.97. The van der Waals surface area contributed by atoms with E-state index >= 15 is 0 Å². The zero-order valence-electron chi connectivity index (χ0n) is 22.1. The average Bonchev–Trinajstić information content (AvgIpc) is 2.93. The van der Waals surface area contributed by atoms with Crippen LogP contribution in [0.25, 0.3) is 0 Å². The summed E-state index contributed by atoms with van der Waals surface area (Å²) in [6.45, 7) is 1.99. The molecule has 0 aliphatic heterocycles. The van der Waals surface area contributed by atoms with Crippen LogP contribution in [0, 0.1) is 0 Å². The van der Waals surface area contributed by atoms with Gasteiger partial charge >= 0.3 is 0 Å². The zero-order chi connectivity index (χ0) is 27.3. The van der Waals surface area contributed by atoms with E-state index in [1.165, 1.54) is 19.8 Å². The Morgan fingerprint density at radius 3 is 1.92 bits per heavy atom. The molecule has 0 fully saturated rings. The highest BCUT2D eigenvalue weighted by Crippen LogP contribution is 2.36. The molecular weight excluding hydrogens is 482 g/mol. The predicted molar refractivity (Wildman–Crippen MR) is 149 cm³/mol. The molecule has 0 aliphatic carbocycles. The summed E-state index contributed by atoms with van der Waals surface area (Å²) in [6, 6.07) is 22.2. The van der Waals surface area contributed by atoms with E-state index in [9.17, 15) is 14.4 Å². The number of carbonyl (C=O) groups is 3.